The zero-order chi connectivity index (χ0) is 22.5. The van der Waals surface area contributed by atoms with Crippen LogP contribution < -0.4 is 15.4 Å². The molecule has 2 heterocycles. The Labute approximate surface area is 184 Å². The number of ether oxygens (including phenoxy) is 1. The summed E-state index contributed by atoms with van der Waals surface area (Å²) in [5, 5.41) is 6.55. The minimum Gasteiger partial charge on any atom is -0.494 e. The molecule has 0 saturated carbocycles. The van der Waals surface area contributed by atoms with Gasteiger partial charge in [0, 0.05) is 43.4 Å². The van der Waals surface area contributed by atoms with E-state index in [9.17, 15) is 9.18 Å². The number of anilines is 1. The summed E-state index contributed by atoms with van der Waals surface area (Å²) < 4.78 is 19.5. The van der Waals surface area contributed by atoms with Crippen LogP contribution in [0.5, 0.6) is 5.75 Å². The normalized spacial score (nSPS) is 10.7. The summed E-state index contributed by atoms with van der Waals surface area (Å²) >= 11 is 0. The first-order valence-corrected chi connectivity index (χ1v) is 10.1. The maximum Gasteiger partial charge on any atom is 0.221 e. The van der Waals surface area contributed by atoms with Crippen LogP contribution in [0, 0.1) is 5.82 Å². The van der Waals surface area contributed by atoms with Crippen molar-refractivity contribution in [2.24, 2.45) is 0 Å². The van der Waals surface area contributed by atoms with E-state index in [1.54, 1.807) is 32.6 Å². The summed E-state index contributed by atoms with van der Waals surface area (Å²) in [4.78, 5) is 25.2. The first kappa shape index (κ1) is 21.2. The van der Waals surface area contributed by atoms with E-state index in [1.165, 1.54) is 12.1 Å². The Morgan fingerprint density at radius 2 is 1.91 bits per heavy atom. The number of methoxy groups -OCH3 is 1. The fourth-order valence-electron chi connectivity index (χ4n) is 3.37. The van der Waals surface area contributed by atoms with E-state index >= 15 is 0 Å². The van der Waals surface area contributed by atoms with Crippen LogP contribution in [0.2, 0.25) is 0 Å². The summed E-state index contributed by atoms with van der Waals surface area (Å²) in [6.45, 7) is 0.380. The van der Waals surface area contributed by atoms with E-state index in [2.05, 4.69) is 15.6 Å². The fourth-order valence-corrected chi connectivity index (χ4v) is 3.37. The minimum atomic E-state index is -0.325. The van der Waals surface area contributed by atoms with E-state index < -0.39 is 0 Å². The van der Waals surface area contributed by atoms with E-state index in [1.807, 2.05) is 30.3 Å². The standard InChI is InChI=1S/C24H22FN5O2/c1-26-21(31)8-10-28-24-19-12-17(15-5-3-7-18(25)11-15)13-20(32-2)22(19)29-23(30-24)16-6-4-9-27-14-16/h3-7,9,11-14H,8,10H2,1-2H3,(H,26,31)(H,28,29,30). The van der Waals surface area contributed by atoms with Gasteiger partial charge in [0.2, 0.25) is 5.91 Å². The van der Waals surface area contributed by atoms with Gasteiger partial charge in [-0.2, -0.15) is 0 Å². The summed E-state index contributed by atoms with van der Waals surface area (Å²) in [6, 6.07) is 13.7. The number of fused-ring (bicyclic) bond motifs is 1. The van der Waals surface area contributed by atoms with Crippen molar-refractivity contribution in [2.75, 3.05) is 26.0 Å². The number of nitrogens with one attached hydrogen (secondary N) is 2. The summed E-state index contributed by atoms with van der Waals surface area (Å²) in [6.07, 6.45) is 3.65. The predicted octanol–water partition coefficient (Wildman–Crippen LogP) is 4.05. The number of nitrogens with zero attached hydrogens (tertiary/aromatic N) is 3. The zero-order valence-electron chi connectivity index (χ0n) is 17.7. The molecule has 8 heteroatoms. The van der Waals surface area contributed by atoms with E-state index in [0.717, 1.165) is 11.1 Å². The van der Waals surface area contributed by atoms with Crippen LogP contribution in [0.25, 0.3) is 33.4 Å². The molecule has 0 aliphatic carbocycles. The Bertz CT molecular complexity index is 1260. The highest BCUT2D eigenvalue weighted by Crippen LogP contribution is 2.36. The van der Waals surface area contributed by atoms with Crippen LogP contribution >= 0.6 is 0 Å². The molecule has 0 aliphatic heterocycles. The molecule has 32 heavy (non-hydrogen) atoms. The number of hydrogen-bond donors (Lipinski definition) is 2. The van der Waals surface area contributed by atoms with E-state index in [0.29, 0.717) is 40.4 Å². The van der Waals surface area contributed by atoms with Gasteiger partial charge in [-0.25, -0.2) is 14.4 Å². The maximum absolute atomic E-state index is 13.8. The number of rotatable bonds is 7. The van der Waals surface area contributed by atoms with Crippen molar-refractivity contribution in [1.29, 1.82) is 0 Å². The van der Waals surface area contributed by atoms with Crippen LogP contribution in [0.3, 0.4) is 0 Å². The van der Waals surface area contributed by atoms with Crippen molar-refractivity contribution in [2.45, 2.75) is 6.42 Å². The predicted molar refractivity (Wildman–Crippen MR) is 122 cm³/mol. The van der Waals surface area contributed by atoms with Crippen LogP contribution in [0.4, 0.5) is 10.2 Å². The molecule has 0 saturated heterocycles. The maximum atomic E-state index is 13.8. The Balaban J connectivity index is 1.88. The van der Waals surface area contributed by atoms with Gasteiger partial charge in [-0.15, -0.1) is 0 Å². The quantitative estimate of drug-likeness (QED) is 0.459. The minimum absolute atomic E-state index is 0.0821. The number of amides is 1. The van der Waals surface area contributed by atoms with Gasteiger partial charge in [-0.1, -0.05) is 12.1 Å². The lowest BCUT2D eigenvalue weighted by Crippen LogP contribution is -2.21. The highest BCUT2D eigenvalue weighted by Gasteiger charge is 2.16. The number of halogens is 1. The van der Waals surface area contributed by atoms with Crippen molar-refractivity contribution >= 4 is 22.6 Å². The zero-order valence-corrected chi connectivity index (χ0v) is 17.7. The SMILES string of the molecule is CNC(=O)CCNc1nc(-c2cccnc2)nc2c(OC)cc(-c3cccc(F)c3)cc12. The molecular formula is C24H22FN5O2. The first-order chi connectivity index (χ1) is 15.6. The Kier molecular flexibility index (Phi) is 6.21. The van der Waals surface area contributed by atoms with Crippen LogP contribution in [0.15, 0.2) is 60.9 Å². The third kappa shape index (κ3) is 4.49. The molecule has 162 valence electrons. The number of benzene rings is 2. The lowest BCUT2D eigenvalue weighted by Gasteiger charge is -2.15. The number of aromatic nitrogens is 3. The molecule has 0 bridgehead atoms. The van der Waals surface area contributed by atoms with Crippen LogP contribution in [0.1, 0.15) is 6.42 Å². The molecule has 0 unspecified atom stereocenters. The second-order valence-corrected chi connectivity index (χ2v) is 7.07. The highest BCUT2D eigenvalue weighted by atomic mass is 19.1. The average Bonchev–Trinajstić information content (AvgIpc) is 2.83. The summed E-state index contributed by atoms with van der Waals surface area (Å²) in [5.74, 6) is 1.15. The lowest BCUT2D eigenvalue weighted by atomic mass is 10.0. The summed E-state index contributed by atoms with van der Waals surface area (Å²) in [5.41, 5.74) is 2.82. The number of pyridine rings is 1. The van der Waals surface area contributed by atoms with Gasteiger partial charge < -0.3 is 15.4 Å². The third-order valence-corrected chi connectivity index (χ3v) is 4.99. The molecule has 0 fully saturated rings. The van der Waals surface area contributed by atoms with E-state index in [-0.39, 0.29) is 18.1 Å². The Hall–Kier alpha value is -4.07. The average molecular weight is 431 g/mol. The molecule has 0 aliphatic rings. The van der Waals surface area contributed by atoms with Gasteiger partial charge in [0.25, 0.3) is 0 Å². The van der Waals surface area contributed by atoms with Crippen molar-refractivity contribution in [3.05, 3.63) is 66.7 Å². The Morgan fingerprint density at radius 3 is 2.62 bits per heavy atom. The van der Waals surface area contributed by atoms with Gasteiger partial charge in [-0.3, -0.25) is 9.78 Å². The van der Waals surface area contributed by atoms with Crippen LogP contribution in [-0.4, -0.2) is 41.6 Å². The molecule has 0 spiro atoms. The molecule has 0 radical (unpaired) electrons. The molecule has 2 aromatic heterocycles. The number of carbonyl (C=O) groups excluding carboxylic acids is 1. The van der Waals surface area contributed by atoms with Gasteiger partial charge in [0.05, 0.1) is 7.11 Å². The third-order valence-electron chi connectivity index (χ3n) is 4.99. The fraction of sp³-hybridized carbons (Fsp3) is 0.167. The number of carbonyl (C=O) groups is 1. The van der Waals surface area contributed by atoms with Gasteiger partial charge >= 0.3 is 0 Å². The van der Waals surface area contributed by atoms with Crippen molar-refractivity contribution in [3.63, 3.8) is 0 Å². The second kappa shape index (κ2) is 9.38. The van der Waals surface area contributed by atoms with Crippen LogP contribution in [-0.2, 0) is 4.79 Å². The molecule has 0 atom stereocenters. The molecule has 4 aromatic rings. The second-order valence-electron chi connectivity index (χ2n) is 7.07. The largest absolute Gasteiger partial charge is 0.494 e. The summed E-state index contributed by atoms with van der Waals surface area (Å²) in [7, 11) is 3.16. The van der Waals surface area contributed by atoms with Gasteiger partial charge in [0.1, 0.15) is 22.9 Å². The molecule has 7 nitrogen and oxygen atoms in total. The number of hydrogen-bond acceptors (Lipinski definition) is 6. The topological polar surface area (TPSA) is 89.0 Å². The molecule has 2 aromatic carbocycles. The highest BCUT2D eigenvalue weighted by molar-refractivity contribution is 5.98. The van der Waals surface area contributed by atoms with Crippen molar-refractivity contribution in [1.82, 2.24) is 20.3 Å². The molecule has 4 rings (SSSR count). The first-order valence-electron chi connectivity index (χ1n) is 10.1. The molecular weight excluding hydrogens is 409 g/mol. The van der Waals surface area contributed by atoms with Crippen molar-refractivity contribution < 1.29 is 13.9 Å². The van der Waals surface area contributed by atoms with Gasteiger partial charge in [-0.05, 0) is 47.5 Å². The Morgan fingerprint density at radius 1 is 1.06 bits per heavy atom. The van der Waals surface area contributed by atoms with E-state index in [4.69, 9.17) is 14.7 Å². The smallest absolute Gasteiger partial charge is 0.221 e. The molecule has 1 amide bonds. The van der Waals surface area contributed by atoms with Crippen molar-refractivity contribution in [3.8, 4) is 28.3 Å². The van der Waals surface area contributed by atoms with Gasteiger partial charge in [0.15, 0.2) is 5.82 Å². The lowest BCUT2D eigenvalue weighted by molar-refractivity contribution is -0.120. The monoisotopic (exact) mass is 431 g/mol. The molecule has 2 N–H and O–H groups in total.